The number of hydrogen-bond donors (Lipinski definition) is 1. The number of nitrogens with one attached hydrogen (secondary N) is 1. The smallest absolute Gasteiger partial charge is 0.416 e. The van der Waals surface area contributed by atoms with Gasteiger partial charge in [-0.1, -0.05) is 0 Å². The number of halogens is 6. The molecule has 0 aromatic heterocycles. The lowest BCUT2D eigenvalue weighted by Crippen LogP contribution is -2.18. The largest absolute Gasteiger partial charge is 0.465 e. The van der Waals surface area contributed by atoms with Gasteiger partial charge in [-0.3, -0.25) is 4.79 Å². The van der Waals surface area contributed by atoms with Gasteiger partial charge in [0.05, 0.1) is 36.5 Å². The molecule has 0 spiro atoms. The molecule has 0 radical (unpaired) electrons. The molecule has 0 aliphatic carbocycles. The van der Waals surface area contributed by atoms with Gasteiger partial charge in [-0.2, -0.15) is 26.3 Å². The first kappa shape index (κ1) is 23.7. The van der Waals surface area contributed by atoms with Crippen molar-refractivity contribution in [3.05, 3.63) is 64.2 Å². The highest BCUT2D eigenvalue weighted by Gasteiger charge is 2.37. The maximum absolute atomic E-state index is 13.0. The van der Waals surface area contributed by atoms with Crippen LogP contribution < -0.4 is 5.32 Å². The summed E-state index contributed by atoms with van der Waals surface area (Å²) in [6, 6.07) is 3.48. The average Bonchev–Trinajstić information content (AvgIpc) is 2.70. The molecule has 0 atom stereocenters. The summed E-state index contributed by atoms with van der Waals surface area (Å²) < 4.78 is 86.9. The molecule has 0 saturated heterocycles. The van der Waals surface area contributed by atoms with Crippen LogP contribution in [0.2, 0.25) is 0 Å². The first-order chi connectivity index (χ1) is 14.3. The van der Waals surface area contributed by atoms with E-state index in [0.29, 0.717) is 0 Å². The van der Waals surface area contributed by atoms with Gasteiger partial charge in [0.15, 0.2) is 0 Å². The van der Waals surface area contributed by atoms with Crippen LogP contribution in [0, 0.1) is 0 Å². The van der Waals surface area contributed by atoms with Crippen LogP contribution in [-0.2, 0) is 21.8 Å². The second-order valence-corrected chi connectivity index (χ2v) is 6.03. The number of anilines is 1. The number of hydrogen-bond acceptors (Lipinski definition) is 5. The normalized spacial score (nSPS) is 11.6. The standard InChI is InChI=1S/C19H13F6NO5/c1-30-16(28)10-3-11(17(29)31-2)7-14(6-10)26-15(27)9-4-12(18(20,21)22)8-13(5-9)19(23,24)25/h3-8H,1-2H3,(H,26,27). The summed E-state index contributed by atoms with van der Waals surface area (Å²) >= 11 is 0. The third-order valence-electron chi connectivity index (χ3n) is 3.88. The number of methoxy groups -OCH3 is 2. The van der Waals surface area contributed by atoms with Crippen LogP contribution in [0.25, 0.3) is 0 Å². The van der Waals surface area contributed by atoms with Crippen molar-refractivity contribution in [1.29, 1.82) is 0 Å². The van der Waals surface area contributed by atoms with E-state index in [2.05, 4.69) is 14.8 Å². The van der Waals surface area contributed by atoms with E-state index in [9.17, 15) is 40.7 Å². The molecule has 31 heavy (non-hydrogen) atoms. The quantitative estimate of drug-likeness (QED) is 0.547. The van der Waals surface area contributed by atoms with Gasteiger partial charge < -0.3 is 14.8 Å². The van der Waals surface area contributed by atoms with E-state index in [-0.39, 0.29) is 35.0 Å². The second-order valence-electron chi connectivity index (χ2n) is 6.03. The van der Waals surface area contributed by atoms with Crippen LogP contribution in [0.5, 0.6) is 0 Å². The Balaban J connectivity index is 2.51. The molecule has 0 fully saturated rings. The highest BCUT2D eigenvalue weighted by molar-refractivity contribution is 6.06. The zero-order chi connectivity index (χ0) is 23.6. The van der Waals surface area contributed by atoms with Gasteiger partial charge in [0, 0.05) is 11.3 Å². The molecule has 2 aromatic carbocycles. The molecule has 0 unspecified atom stereocenters. The van der Waals surface area contributed by atoms with Crippen molar-refractivity contribution in [3.63, 3.8) is 0 Å². The summed E-state index contributed by atoms with van der Waals surface area (Å²) in [5.41, 5.74) is -5.00. The number of esters is 2. The number of carbonyl (C=O) groups excluding carboxylic acids is 3. The minimum atomic E-state index is -5.14. The van der Waals surface area contributed by atoms with Crippen molar-refractivity contribution in [2.75, 3.05) is 19.5 Å². The number of ether oxygens (including phenoxy) is 2. The fourth-order valence-corrected chi connectivity index (χ4v) is 2.46. The second kappa shape index (κ2) is 8.66. The summed E-state index contributed by atoms with van der Waals surface area (Å²) in [4.78, 5) is 35.9. The Hall–Kier alpha value is -3.57. The van der Waals surface area contributed by atoms with Gasteiger partial charge in [-0.05, 0) is 36.4 Å². The number of rotatable bonds is 4. The Morgan fingerprint density at radius 1 is 0.677 bits per heavy atom. The van der Waals surface area contributed by atoms with Gasteiger partial charge >= 0.3 is 24.3 Å². The summed E-state index contributed by atoms with van der Waals surface area (Å²) in [6.07, 6.45) is -10.3. The van der Waals surface area contributed by atoms with Crippen LogP contribution in [0.4, 0.5) is 32.0 Å². The van der Waals surface area contributed by atoms with Gasteiger partial charge in [-0.15, -0.1) is 0 Å². The van der Waals surface area contributed by atoms with Crippen LogP contribution in [-0.4, -0.2) is 32.1 Å². The van der Waals surface area contributed by atoms with Crippen molar-refractivity contribution in [2.24, 2.45) is 0 Å². The first-order valence-corrected chi connectivity index (χ1v) is 8.19. The molecule has 166 valence electrons. The Kier molecular flexibility index (Phi) is 6.62. The zero-order valence-corrected chi connectivity index (χ0v) is 15.8. The topological polar surface area (TPSA) is 81.7 Å². The van der Waals surface area contributed by atoms with Gasteiger partial charge in [0.2, 0.25) is 0 Å². The lowest BCUT2D eigenvalue weighted by Gasteiger charge is -2.14. The molecular formula is C19H13F6NO5. The third kappa shape index (κ3) is 5.74. The molecule has 2 aromatic rings. The minimum Gasteiger partial charge on any atom is -0.465 e. The summed E-state index contributed by atoms with van der Waals surface area (Å²) in [6.45, 7) is 0. The van der Waals surface area contributed by atoms with Gasteiger partial charge in [0.1, 0.15) is 0 Å². The van der Waals surface area contributed by atoms with Crippen LogP contribution in [0.3, 0.4) is 0 Å². The van der Waals surface area contributed by atoms with Crippen molar-refractivity contribution in [1.82, 2.24) is 0 Å². The van der Waals surface area contributed by atoms with Gasteiger partial charge in [0.25, 0.3) is 5.91 Å². The SMILES string of the molecule is COC(=O)c1cc(NC(=O)c2cc(C(F)(F)F)cc(C(F)(F)F)c2)cc(C(=O)OC)c1. The van der Waals surface area contributed by atoms with E-state index in [1.165, 1.54) is 0 Å². The summed E-state index contributed by atoms with van der Waals surface area (Å²) in [5, 5.41) is 2.07. The predicted octanol–water partition coefficient (Wildman–Crippen LogP) is 4.55. The van der Waals surface area contributed by atoms with E-state index in [1.807, 2.05) is 0 Å². The fourth-order valence-electron chi connectivity index (χ4n) is 2.46. The maximum Gasteiger partial charge on any atom is 0.416 e. The maximum atomic E-state index is 13.0. The third-order valence-corrected chi connectivity index (χ3v) is 3.88. The Bertz CT molecular complexity index is 963. The molecule has 12 heteroatoms. The van der Waals surface area contributed by atoms with Crippen LogP contribution in [0.1, 0.15) is 42.2 Å². The molecule has 6 nitrogen and oxygen atoms in total. The molecule has 0 heterocycles. The van der Waals surface area contributed by atoms with Crippen molar-refractivity contribution >= 4 is 23.5 Å². The van der Waals surface area contributed by atoms with E-state index >= 15 is 0 Å². The van der Waals surface area contributed by atoms with E-state index in [0.717, 1.165) is 32.4 Å². The molecule has 1 amide bonds. The van der Waals surface area contributed by atoms with Crippen molar-refractivity contribution in [3.8, 4) is 0 Å². The molecule has 0 bridgehead atoms. The highest BCUT2D eigenvalue weighted by Crippen LogP contribution is 2.36. The molecular weight excluding hydrogens is 436 g/mol. The van der Waals surface area contributed by atoms with Crippen LogP contribution >= 0.6 is 0 Å². The number of carbonyl (C=O) groups is 3. The Morgan fingerprint density at radius 3 is 1.45 bits per heavy atom. The molecule has 1 N–H and O–H groups in total. The fraction of sp³-hybridized carbons (Fsp3) is 0.211. The highest BCUT2D eigenvalue weighted by atomic mass is 19.4. The van der Waals surface area contributed by atoms with E-state index in [1.54, 1.807) is 0 Å². The number of benzene rings is 2. The zero-order valence-electron chi connectivity index (χ0n) is 15.8. The molecule has 0 saturated carbocycles. The van der Waals surface area contributed by atoms with Gasteiger partial charge in [-0.25, -0.2) is 9.59 Å². The van der Waals surface area contributed by atoms with Crippen molar-refractivity contribution in [2.45, 2.75) is 12.4 Å². The lowest BCUT2D eigenvalue weighted by molar-refractivity contribution is -0.143. The minimum absolute atomic E-state index is 0.121. The predicted molar refractivity (Wildman–Crippen MR) is 93.5 cm³/mol. The first-order valence-electron chi connectivity index (χ1n) is 8.19. The van der Waals surface area contributed by atoms with Crippen molar-refractivity contribution < 1.29 is 50.2 Å². The summed E-state index contributed by atoms with van der Waals surface area (Å²) in [7, 11) is 2.07. The Labute approximate surface area is 170 Å². The lowest BCUT2D eigenvalue weighted by atomic mass is 10.0. The van der Waals surface area contributed by atoms with E-state index < -0.39 is 46.9 Å². The number of alkyl halides is 6. The van der Waals surface area contributed by atoms with E-state index in [4.69, 9.17) is 0 Å². The molecule has 0 aliphatic rings. The molecule has 2 rings (SSSR count). The monoisotopic (exact) mass is 449 g/mol. The summed E-state index contributed by atoms with van der Waals surface area (Å²) in [5.74, 6) is -3.17. The Morgan fingerprint density at radius 2 is 1.10 bits per heavy atom. The van der Waals surface area contributed by atoms with Crippen LogP contribution in [0.15, 0.2) is 36.4 Å². The molecule has 0 aliphatic heterocycles. The average molecular weight is 449 g/mol. The number of amides is 1.